The first-order valence-corrected chi connectivity index (χ1v) is 9.24. The van der Waals surface area contributed by atoms with E-state index in [1.807, 2.05) is 42.5 Å². The fraction of sp³-hybridized carbons (Fsp3) is 0.263. The number of benzene rings is 1. The lowest BCUT2D eigenvalue weighted by atomic mass is 10.1. The van der Waals surface area contributed by atoms with Crippen LogP contribution in [0.1, 0.15) is 22.5 Å². The number of rotatable bonds is 5. The number of thiazole rings is 1. The Labute approximate surface area is 174 Å². The van der Waals surface area contributed by atoms with Crippen molar-refractivity contribution in [3.05, 3.63) is 53.6 Å². The smallest absolute Gasteiger partial charge is 0.263 e. The van der Waals surface area contributed by atoms with Gasteiger partial charge in [-0.25, -0.2) is 4.98 Å². The molecule has 0 saturated carbocycles. The topological polar surface area (TPSA) is 67.2 Å². The van der Waals surface area contributed by atoms with Crippen molar-refractivity contribution >= 4 is 42.1 Å². The maximum Gasteiger partial charge on any atom is 0.263 e. The van der Waals surface area contributed by atoms with E-state index in [0.717, 1.165) is 18.5 Å². The molecule has 1 fully saturated rings. The molecular weight excluding hydrogens is 405 g/mol. The minimum Gasteiger partial charge on any atom is -0.462 e. The molecule has 1 atom stereocenters. The van der Waals surface area contributed by atoms with Gasteiger partial charge in [0.05, 0.1) is 12.0 Å². The van der Waals surface area contributed by atoms with E-state index in [-0.39, 0.29) is 30.7 Å². The third-order valence-electron chi connectivity index (χ3n) is 4.28. The maximum absolute atomic E-state index is 12.8. The van der Waals surface area contributed by atoms with Gasteiger partial charge in [0.1, 0.15) is 4.88 Å². The Hall–Kier alpha value is -1.86. The zero-order valence-corrected chi connectivity index (χ0v) is 17.0. The summed E-state index contributed by atoms with van der Waals surface area (Å²) in [6, 6.07) is 13.8. The first-order valence-electron chi connectivity index (χ1n) is 8.43. The number of halogens is 2. The molecule has 0 aliphatic carbocycles. The number of nitrogens with one attached hydrogen (secondary N) is 2. The molecule has 1 aliphatic heterocycles. The molecule has 5 nitrogen and oxygen atoms in total. The Kier molecular flexibility index (Phi) is 7.86. The third-order valence-corrected chi connectivity index (χ3v) is 5.35. The van der Waals surface area contributed by atoms with Gasteiger partial charge >= 0.3 is 0 Å². The highest BCUT2D eigenvalue weighted by Crippen LogP contribution is 2.34. The Morgan fingerprint density at radius 3 is 2.70 bits per heavy atom. The lowest BCUT2D eigenvalue weighted by Crippen LogP contribution is -2.37. The van der Waals surface area contributed by atoms with Crippen LogP contribution in [0.3, 0.4) is 0 Å². The van der Waals surface area contributed by atoms with Crippen LogP contribution in [0.2, 0.25) is 0 Å². The van der Waals surface area contributed by atoms with E-state index in [1.165, 1.54) is 17.8 Å². The Balaban J connectivity index is 0.00000131. The number of nitrogens with zero attached hydrogens (tertiary/aromatic N) is 1. The van der Waals surface area contributed by atoms with Crippen LogP contribution in [-0.2, 0) is 0 Å². The summed E-state index contributed by atoms with van der Waals surface area (Å²) in [4.78, 5) is 18.1. The molecule has 144 valence electrons. The average Bonchev–Trinajstić information content (AvgIpc) is 3.41. The molecule has 1 aliphatic rings. The van der Waals surface area contributed by atoms with Crippen LogP contribution in [0, 0.1) is 0 Å². The molecule has 1 saturated heterocycles. The van der Waals surface area contributed by atoms with Crippen molar-refractivity contribution in [2.75, 3.05) is 13.1 Å². The highest BCUT2D eigenvalue weighted by Gasteiger charge is 2.22. The predicted octanol–water partition coefficient (Wildman–Crippen LogP) is 4.40. The average molecular weight is 426 g/mol. The zero-order chi connectivity index (χ0) is 17.1. The van der Waals surface area contributed by atoms with E-state index < -0.39 is 0 Å². The van der Waals surface area contributed by atoms with Crippen molar-refractivity contribution in [2.24, 2.45) is 0 Å². The summed E-state index contributed by atoms with van der Waals surface area (Å²) in [5.41, 5.74) is 1.63. The van der Waals surface area contributed by atoms with Gasteiger partial charge in [0.2, 0.25) is 0 Å². The van der Waals surface area contributed by atoms with Crippen LogP contribution in [0.25, 0.3) is 22.0 Å². The molecule has 27 heavy (non-hydrogen) atoms. The second kappa shape index (κ2) is 9.90. The van der Waals surface area contributed by atoms with Gasteiger partial charge in [-0.05, 0) is 31.5 Å². The number of carbonyl (C=O) groups excluding carboxylic acids is 1. The third kappa shape index (κ3) is 4.90. The number of aromatic nitrogens is 1. The monoisotopic (exact) mass is 425 g/mol. The van der Waals surface area contributed by atoms with E-state index in [4.69, 9.17) is 4.42 Å². The standard InChI is InChI=1S/C19H19N3O2S.2ClH/c23-18(21-12-14-8-4-10-20-14)17-16(13-6-2-1-3-7-13)22-19(25-17)15-9-5-11-24-15;;/h1-3,5-7,9,11,14,20H,4,8,10,12H2,(H,21,23);2*1H. The summed E-state index contributed by atoms with van der Waals surface area (Å²) in [6.45, 7) is 1.67. The van der Waals surface area contributed by atoms with Gasteiger partial charge in [-0.2, -0.15) is 0 Å². The molecule has 1 aromatic carbocycles. The fourth-order valence-corrected chi connectivity index (χ4v) is 3.97. The van der Waals surface area contributed by atoms with Crippen molar-refractivity contribution in [1.29, 1.82) is 0 Å². The molecule has 0 bridgehead atoms. The minimum atomic E-state index is -0.0807. The van der Waals surface area contributed by atoms with Gasteiger partial charge in [-0.1, -0.05) is 30.3 Å². The molecule has 8 heteroatoms. The van der Waals surface area contributed by atoms with Crippen molar-refractivity contribution in [2.45, 2.75) is 18.9 Å². The quantitative estimate of drug-likeness (QED) is 0.635. The molecule has 3 aromatic rings. The molecule has 0 spiro atoms. The lowest BCUT2D eigenvalue weighted by molar-refractivity contribution is 0.0955. The largest absolute Gasteiger partial charge is 0.462 e. The number of amides is 1. The van der Waals surface area contributed by atoms with Crippen LogP contribution in [0.4, 0.5) is 0 Å². The van der Waals surface area contributed by atoms with Crippen molar-refractivity contribution in [3.8, 4) is 22.0 Å². The molecule has 2 aromatic heterocycles. The maximum atomic E-state index is 12.8. The molecule has 1 amide bonds. The number of carbonyl (C=O) groups is 1. The molecule has 1 unspecified atom stereocenters. The molecule has 4 rings (SSSR count). The summed E-state index contributed by atoms with van der Waals surface area (Å²) in [5.74, 6) is 0.599. The number of hydrogen-bond acceptors (Lipinski definition) is 5. The second-order valence-corrected chi connectivity index (χ2v) is 7.04. The predicted molar refractivity (Wildman–Crippen MR) is 113 cm³/mol. The molecule has 0 radical (unpaired) electrons. The Morgan fingerprint density at radius 2 is 2.04 bits per heavy atom. The van der Waals surface area contributed by atoms with Crippen LogP contribution in [-0.4, -0.2) is 30.0 Å². The Morgan fingerprint density at radius 1 is 1.22 bits per heavy atom. The van der Waals surface area contributed by atoms with Crippen molar-refractivity contribution in [3.63, 3.8) is 0 Å². The highest BCUT2D eigenvalue weighted by atomic mass is 35.5. The molecule has 3 heterocycles. The zero-order valence-electron chi connectivity index (χ0n) is 14.5. The molecule has 2 N–H and O–H groups in total. The van der Waals surface area contributed by atoms with Crippen LogP contribution >= 0.6 is 36.2 Å². The summed E-state index contributed by atoms with van der Waals surface area (Å²) >= 11 is 1.37. The van der Waals surface area contributed by atoms with Crippen molar-refractivity contribution in [1.82, 2.24) is 15.6 Å². The summed E-state index contributed by atoms with van der Waals surface area (Å²) < 4.78 is 5.45. The highest BCUT2D eigenvalue weighted by molar-refractivity contribution is 7.17. The number of hydrogen-bond donors (Lipinski definition) is 2. The summed E-state index contributed by atoms with van der Waals surface area (Å²) in [5, 5.41) is 7.16. The first kappa shape index (κ1) is 21.4. The van der Waals surface area contributed by atoms with Gasteiger partial charge in [-0.15, -0.1) is 36.2 Å². The first-order chi connectivity index (χ1) is 12.3. The van der Waals surface area contributed by atoms with Gasteiger partial charge in [0, 0.05) is 18.2 Å². The van der Waals surface area contributed by atoms with Gasteiger partial charge in [0.15, 0.2) is 10.8 Å². The van der Waals surface area contributed by atoms with E-state index >= 15 is 0 Å². The van der Waals surface area contributed by atoms with E-state index in [2.05, 4.69) is 15.6 Å². The van der Waals surface area contributed by atoms with Crippen LogP contribution in [0.15, 0.2) is 53.1 Å². The van der Waals surface area contributed by atoms with Gasteiger partial charge in [0.25, 0.3) is 5.91 Å². The minimum absolute atomic E-state index is 0. The molecular formula is C19H21Cl2N3O2S. The number of furan rings is 1. The SMILES string of the molecule is Cl.Cl.O=C(NCC1CCCN1)c1sc(-c2ccco2)nc1-c1ccccc1. The van der Waals surface area contributed by atoms with E-state index in [0.29, 0.717) is 33.9 Å². The summed E-state index contributed by atoms with van der Waals surface area (Å²) in [7, 11) is 0. The van der Waals surface area contributed by atoms with Gasteiger partial charge in [-0.3, -0.25) is 4.79 Å². The normalized spacial score (nSPS) is 15.6. The van der Waals surface area contributed by atoms with E-state index in [9.17, 15) is 4.79 Å². The fourth-order valence-electron chi connectivity index (χ4n) is 3.00. The second-order valence-electron chi connectivity index (χ2n) is 6.04. The van der Waals surface area contributed by atoms with Crippen molar-refractivity contribution < 1.29 is 9.21 Å². The Bertz CT molecular complexity index is 847. The van der Waals surface area contributed by atoms with Crippen LogP contribution in [0.5, 0.6) is 0 Å². The van der Waals surface area contributed by atoms with E-state index in [1.54, 1.807) is 6.26 Å². The summed E-state index contributed by atoms with van der Waals surface area (Å²) in [6.07, 6.45) is 3.88. The van der Waals surface area contributed by atoms with Gasteiger partial charge < -0.3 is 15.1 Å². The van der Waals surface area contributed by atoms with Crippen LogP contribution < -0.4 is 10.6 Å². The lowest BCUT2D eigenvalue weighted by Gasteiger charge is -2.11.